The van der Waals surface area contributed by atoms with Crippen LogP contribution in [0, 0.1) is 13.8 Å². The summed E-state index contributed by atoms with van der Waals surface area (Å²) in [7, 11) is 0. The summed E-state index contributed by atoms with van der Waals surface area (Å²) in [5.74, 6) is 2.14. The normalized spacial score (nSPS) is 10.3. The van der Waals surface area contributed by atoms with Gasteiger partial charge < -0.3 is 14.5 Å². The molecule has 2 aromatic rings. The average Bonchev–Trinajstić information content (AvgIpc) is 2.75. The van der Waals surface area contributed by atoms with Gasteiger partial charge in [0.1, 0.15) is 17.3 Å². The van der Waals surface area contributed by atoms with Gasteiger partial charge in [-0.25, -0.2) is 0 Å². The smallest absolute Gasteiger partial charge is 0.255 e. The maximum absolute atomic E-state index is 12.2. The Morgan fingerprint density at radius 3 is 2.70 bits per heavy atom. The number of hydrogen-bond acceptors (Lipinski definition) is 3. The molecule has 0 bridgehead atoms. The van der Waals surface area contributed by atoms with Crippen LogP contribution in [0.2, 0.25) is 0 Å². The first-order chi connectivity index (χ1) is 9.61. The standard InChI is InChI=1S/C16H19NO3/c1-4-19-15-8-6-5-7-14(15)16(18)17-10-13-9-11(2)20-12(13)3/h5-9H,4,10H2,1-3H3,(H,17,18). The van der Waals surface area contributed by atoms with Crippen LogP contribution in [0.15, 0.2) is 34.7 Å². The van der Waals surface area contributed by atoms with Gasteiger partial charge in [0, 0.05) is 12.1 Å². The first-order valence-electron chi connectivity index (χ1n) is 6.67. The van der Waals surface area contributed by atoms with Gasteiger partial charge in [-0.05, 0) is 39.0 Å². The number of carbonyl (C=O) groups is 1. The number of para-hydroxylation sites is 1. The van der Waals surface area contributed by atoms with E-state index in [0.717, 1.165) is 17.1 Å². The second-order valence-corrected chi connectivity index (χ2v) is 4.55. The van der Waals surface area contributed by atoms with Crippen molar-refractivity contribution in [3.8, 4) is 5.75 Å². The lowest BCUT2D eigenvalue weighted by Crippen LogP contribution is -2.23. The molecule has 0 radical (unpaired) electrons. The lowest BCUT2D eigenvalue weighted by atomic mass is 10.1. The highest BCUT2D eigenvalue weighted by atomic mass is 16.5. The molecule has 1 aromatic heterocycles. The van der Waals surface area contributed by atoms with Crippen molar-refractivity contribution in [1.82, 2.24) is 5.32 Å². The molecule has 4 nitrogen and oxygen atoms in total. The molecule has 0 aliphatic rings. The van der Waals surface area contributed by atoms with Crippen molar-refractivity contribution < 1.29 is 13.9 Å². The number of ether oxygens (including phenoxy) is 1. The zero-order chi connectivity index (χ0) is 14.5. The second kappa shape index (κ2) is 6.28. The number of hydrogen-bond donors (Lipinski definition) is 1. The van der Waals surface area contributed by atoms with Gasteiger partial charge in [0.15, 0.2) is 0 Å². The number of rotatable bonds is 5. The summed E-state index contributed by atoms with van der Waals surface area (Å²) in [5, 5.41) is 2.89. The van der Waals surface area contributed by atoms with Crippen LogP contribution < -0.4 is 10.1 Å². The van der Waals surface area contributed by atoms with Crippen molar-refractivity contribution in [2.75, 3.05) is 6.61 Å². The predicted molar refractivity (Wildman–Crippen MR) is 77.0 cm³/mol. The molecule has 1 aromatic carbocycles. The molecule has 1 heterocycles. The first kappa shape index (κ1) is 14.2. The molecule has 1 N–H and O–H groups in total. The fourth-order valence-corrected chi connectivity index (χ4v) is 2.07. The van der Waals surface area contributed by atoms with E-state index in [1.54, 1.807) is 12.1 Å². The van der Waals surface area contributed by atoms with Crippen LogP contribution in [0.5, 0.6) is 5.75 Å². The molecule has 2 rings (SSSR count). The Morgan fingerprint density at radius 2 is 2.05 bits per heavy atom. The highest BCUT2D eigenvalue weighted by Gasteiger charge is 2.12. The Hall–Kier alpha value is -2.23. The SMILES string of the molecule is CCOc1ccccc1C(=O)NCc1cc(C)oc1C. The fourth-order valence-electron chi connectivity index (χ4n) is 2.07. The zero-order valence-corrected chi connectivity index (χ0v) is 12.0. The molecule has 0 unspecified atom stereocenters. The van der Waals surface area contributed by atoms with Gasteiger partial charge in [-0.15, -0.1) is 0 Å². The Balaban J connectivity index is 2.07. The minimum atomic E-state index is -0.146. The van der Waals surface area contributed by atoms with E-state index in [0.29, 0.717) is 24.5 Å². The Labute approximate surface area is 118 Å². The lowest BCUT2D eigenvalue weighted by molar-refractivity contribution is 0.0947. The van der Waals surface area contributed by atoms with Gasteiger partial charge in [-0.2, -0.15) is 0 Å². The van der Waals surface area contributed by atoms with E-state index in [1.807, 2.05) is 39.0 Å². The van der Waals surface area contributed by atoms with Crippen molar-refractivity contribution >= 4 is 5.91 Å². The monoisotopic (exact) mass is 273 g/mol. The molecular formula is C16H19NO3. The van der Waals surface area contributed by atoms with Crippen LogP contribution in [0.25, 0.3) is 0 Å². The Morgan fingerprint density at radius 1 is 1.30 bits per heavy atom. The highest BCUT2D eigenvalue weighted by Crippen LogP contribution is 2.18. The van der Waals surface area contributed by atoms with Gasteiger partial charge >= 0.3 is 0 Å². The van der Waals surface area contributed by atoms with Gasteiger partial charge in [0.05, 0.1) is 12.2 Å². The van der Waals surface area contributed by atoms with E-state index in [2.05, 4.69) is 5.32 Å². The number of aryl methyl sites for hydroxylation is 2. The number of nitrogens with one attached hydrogen (secondary N) is 1. The summed E-state index contributed by atoms with van der Waals surface area (Å²) in [5.41, 5.74) is 1.54. The Kier molecular flexibility index (Phi) is 4.45. The van der Waals surface area contributed by atoms with Gasteiger partial charge in [0.2, 0.25) is 0 Å². The number of furan rings is 1. The van der Waals surface area contributed by atoms with E-state index >= 15 is 0 Å². The average molecular weight is 273 g/mol. The van der Waals surface area contributed by atoms with Crippen LogP contribution >= 0.6 is 0 Å². The van der Waals surface area contributed by atoms with Gasteiger partial charge in [-0.3, -0.25) is 4.79 Å². The molecule has 0 saturated heterocycles. The van der Waals surface area contributed by atoms with Crippen LogP contribution in [0.3, 0.4) is 0 Å². The van der Waals surface area contributed by atoms with E-state index in [1.165, 1.54) is 0 Å². The lowest BCUT2D eigenvalue weighted by Gasteiger charge is -2.10. The summed E-state index contributed by atoms with van der Waals surface area (Å²) >= 11 is 0. The highest BCUT2D eigenvalue weighted by molar-refractivity contribution is 5.96. The minimum Gasteiger partial charge on any atom is -0.493 e. The number of benzene rings is 1. The van der Waals surface area contributed by atoms with Crippen LogP contribution in [-0.2, 0) is 6.54 Å². The first-order valence-corrected chi connectivity index (χ1v) is 6.67. The molecule has 4 heteroatoms. The predicted octanol–water partition coefficient (Wildman–Crippen LogP) is 3.23. The van der Waals surface area contributed by atoms with Crippen molar-refractivity contribution in [3.05, 3.63) is 53.0 Å². The van der Waals surface area contributed by atoms with Crippen molar-refractivity contribution in [2.24, 2.45) is 0 Å². The molecule has 0 aliphatic heterocycles. The molecule has 0 saturated carbocycles. The van der Waals surface area contributed by atoms with Crippen LogP contribution in [0.4, 0.5) is 0 Å². The molecule has 0 spiro atoms. The Bertz CT molecular complexity index is 602. The molecule has 106 valence electrons. The quantitative estimate of drug-likeness (QED) is 0.910. The fraction of sp³-hybridized carbons (Fsp3) is 0.312. The summed E-state index contributed by atoms with van der Waals surface area (Å²) in [6, 6.07) is 9.17. The van der Waals surface area contributed by atoms with E-state index in [9.17, 15) is 4.79 Å². The van der Waals surface area contributed by atoms with E-state index in [-0.39, 0.29) is 5.91 Å². The molecule has 0 atom stereocenters. The van der Waals surface area contributed by atoms with Gasteiger partial charge in [0.25, 0.3) is 5.91 Å². The maximum Gasteiger partial charge on any atom is 0.255 e. The molecular weight excluding hydrogens is 254 g/mol. The molecule has 0 aliphatic carbocycles. The third-order valence-corrected chi connectivity index (χ3v) is 3.01. The zero-order valence-electron chi connectivity index (χ0n) is 12.0. The van der Waals surface area contributed by atoms with E-state index in [4.69, 9.17) is 9.15 Å². The maximum atomic E-state index is 12.2. The largest absolute Gasteiger partial charge is 0.493 e. The van der Waals surface area contributed by atoms with Gasteiger partial charge in [-0.1, -0.05) is 12.1 Å². The second-order valence-electron chi connectivity index (χ2n) is 4.55. The molecule has 20 heavy (non-hydrogen) atoms. The number of carbonyl (C=O) groups excluding carboxylic acids is 1. The van der Waals surface area contributed by atoms with Crippen molar-refractivity contribution in [3.63, 3.8) is 0 Å². The third-order valence-electron chi connectivity index (χ3n) is 3.01. The number of amides is 1. The van der Waals surface area contributed by atoms with E-state index < -0.39 is 0 Å². The summed E-state index contributed by atoms with van der Waals surface area (Å²) in [6.45, 7) is 6.66. The topological polar surface area (TPSA) is 51.5 Å². The van der Waals surface area contributed by atoms with Crippen LogP contribution in [0.1, 0.15) is 34.4 Å². The van der Waals surface area contributed by atoms with Crippen molar-refractivity contribution in [2.45, 2.75) is 27.3 Å². The summed E-state index contributed by atoms with van der Waals surface area (Å²) in [4.78, 5) is 12.2. The third kappa shape index (κ3) is 3.20. The van der Waals surface area contributed by atoms with Crippen LogP contribution in [-0.4, -0.2) is 12.5 Å². The molecule has 0 fully saturated rings. The minimum absolute atomic E-state index is 0.146. The van der Waals surface area contributed by atoms with Crippen molar-refractivity contribution in [1.29, 1.82) is 0 Å². The summed E-state index contributed by atoms with van der Waals surface area (Å²) < 4.78 is 10.9. The molecule has 1 amide bonds. The summed E-state index contributed by atoms with van der Waals surface area (Å²) in [6.07, 6.45) is 0.